The molecule has 0 aliphatic heterocycles. The van der Waals surface area contributed by atoms with Crippen LogP contribution in [0.2, 0.25) is 0 Å². The monoisotopic (exact) mass is 269 g/mol. The predicted molar refractivity (Wildman–Crippen MR) is 80.0 cm³/mol. The second kappa shape index (κ2) is 7.25. The van der Waals surface area contributed by atoms with Crippen LogP contribution >= 0.6 is 0 Å². The average Bonchev–Trinajstić information content (AvgIpc) is 2.33. The standard InChI is InChI=1S/C15H31N3O/c1-5-9-18(11-10-17(3)4)14(19)15(16)8-6-7-13(2)12-15/h13H,5-12,16H2,1-4H3. The summed E-state index contributed by atoms with van der Waals surface area (Å²) in [6.45, 7) is 6.82. The van der Waals surface area contributed by atoms with E-state index in [2.05, 4.69) is 18.7 Å². The lowest BCUT2D eigenvalue weighted by molar-refractivity contribution is -0.139. The summed E-state index contributed by atoms with van der Waals surface area (Å²) in [5.74, 6) is 0.739. The Balaban J connectivity index is 2.68. The van der Waals surface area contributed by atoms with Gasteiger partial charge in [0.15, 0.2) is 0 Å². The minimum atomic E-state index is -0.612. The zero-order valence-electron chi connectivity index (χ0n) is 13.1. The highest BCUT2D eigenvalue weighted by molar-refractivity contribution is 5.86. The molecule has 0 saturated heterocycles. The summed E-state index contributed by atoms with van der Waals surface area (Å²) in [5, 5.41) is 0. The molecule has 1 fully saturated rings. The number of hydrogen-bond acceptors (Lipinski definition) is 3. The second-order valence-corrected chi connectivity index (χ2v) is 6.45. The molecular weight excluding hydrogens is 238 g/mol. The average molecular weight is 269 g/mol. The summed E-state index contributed by atoms with van der Waals surface area (Å²) in [6, 6.07) is 0. The van der Waals surface area contributed by atoms with E-state index in [4.69, 9.17) is 5.73 Å². The van der Waals surface area contributed by atoms with Crippen LogP contribution in [0.5, 0.6) is 0 Å². The summed E-state index contributed by atoms with van der Waals surface area (Å²) in [4.78, 5) is 16.8. The Bertz CT molecular complexity index is 293. The fraction of sp³-hybridized carbons (Fsp3) is 0.933. The van der Waals surface area contributed by atoms with Crippen LogP contribution < -0.4 is 5.73 Å². The number of rotatable bonds is 6. The molecule has 0 heterocycles. The van der Waals surface area contributed by atoms with Gasteiger partial charge in [0.25, 0.3) is 0 Å². The molecule has 0 radical (unpaired) electrons. The summed E-state index contributed by atoms with van der Waals surface area (Å²) in [7, 11) is 4.07. The van der Waals surface area contributed by atoms with E-state index >= 15 is 0 Å². The number of carbonyl (C=O) groups excluding carboxylic acids is 1. The molecule has 2 N–H and O–H groups in total. The Morgan fingerprint density at radius 2 is 2.00 bits per heavy atom. The Kier molecular flexibility index (Phi) is 6.27. The first-order valence-electron chi connectivity index (χ1n) is 7.62. The molecule has 1 saturated carbocycles. The third kappa shape index (κ3) is 4.77. The molecular formula is C15H31N3O. The first-order valence-corrected chi connectivity index (χ1v) is 7.62. The van der Waals surface area contributed by atoms with E-state index in [0.29, 0.717) is 5.92 Å². The highest BCUT2D eigenvalue weighted by atomic mass is 16.2. The molecule has 0 aromatic carbocycles. The van der Waals surface area contributed by atoms with Crippen LogP contribution in [0, 0.1) is 5.92 Å². The molecule has 1 aliphatic carbocycles. The van der Waals surface area contributed by atoms with Gasteiger partial charge in [-0.3, -0.25) is 4.79 Å². The van der Waals surface area contributed by atoms with Crippen molar-refractivity contribution >= 4 is 5.91 Å². The number of nitrogens with two attached hydrogens (primary N) is 1. The first kappa shape index (κ1) is 16.4. The van der Waals surface area contributed by atoms with E-state index in [1.54, 1.807) is 0 Å². The van der Waals surface area contributed by atoms with E-state index in [0.717, 1.165) is 45.3 Å². The smallest absolute Gasteiger partial charge is 0.242 e. The van der Waals surface area contributed by atoms with E-state index in [1.165, 1.54) is 6.42 Å². The molecule has 0 spiro atoms. The number of carbonyl (C=O) groups is 1. The maximum absolute atomic E-state index is 12.8. The maximum atomic E-state index is 12.8. The van der Waals surface area contributed by atoms with Gasteiger partial charge >= 0.3 is 0 Å². The number of likely N-dealkylation sites (N-methyl/N-ethyl adjacent to an activating group) is 1. The van der Waals surface area contributed by atoms with Gasteiger partial charge in [-0.2, -0.15) is 0 Å². The van der Waals surface area contributed by atoms with Crippen LogP contribution in [0.1, 0.15) is 46.0 Å². The van der Waals surface area contributed by atoms with Crippen molar-refractivity contribution in [3.63, 3.8) is 0 Å². The van der Waals surface area contributed by atoms with Gasteiger partial charge in [-0.15, -0.1) is 0 Å². The van der Waals surface area contributed by atoms with Crippen molar-refractivity contribution in [2.75, 3.05) is 33.7 Å². The zero-order valence-corrected chi connectivity index (χ0v) is 13.1. The van der Waals surface area contributed by atoms with Gasteiger partial charge in [-0.1, -0.05) is 26.7 Å². The van der Waals surface area contributed by atoms with E-state index in [1.807, 2.05) is 19.0 Å². The molecule has 112 valence electrons. The minimum absolute atomic E-state index is 0.169. The second-order valence-electron chi connectivity index (χ2n) is 6.45. The van der Waals surface area contributed by atoms with Crippen molar-refractivity contribution in [3.05, 3.63) is 0 Å². The SMILES string of the molecule is CCCN(CCN(C)C)C(=O)C1(N)CCCC(C)C1. The fourth-order valence-corrected chi connectivity index (χ4v) is 3.01. The van der Waals surface area contributed by atoms with Crippen molar-refractivity contribution < 1.29 is 4.79 Å². The Hall–Kier alpha value is -0.610. The molecule has 19 heavy (non-hydrogen) atoms. The number of hydrogen-bond donors (Lipinski definition) is 1. The fourth-order valence-electron chi connectivity index (χ4n) is 3.01. The molecule has 0 aromatic rings. The topological polar surface area (TPSA) is 49.6 Å². The molecule has 2 unspecified atom stereocenters. The molecule has 2 atom stereocenters. The molecule has 1 aliphatic rings. The Labute approximate surface area is 118 Å². The number of nitrogens with zero attached hydrogens (tertiary/aromatic N) is 2. The molecule has 0 aromatic heterocycles. The third-order valence-electron chi connectivity index (χ3n) is 4.06. The summed E-state index contributed by atoms with van der Waals surface area (Å²) >= 11 is 0. The van der Waals surface area contributed by atoms with Crippen LogP contribution in [0.4, 0.5) is 0 Å². The van der Waals surface area contributed by atoms with E-state index in [9.17, 15) is 4.79 Å². The van der Waals surface area contributed by atoms with E-state index < -0.39 is 5.54 Å². The zero-order chi connectivity index (χ0) is 14.5. The van der Waals surface area contributed by atoms with Gasteiger partial charge in [-0.25, -0.2) is 0 Å². The van der Waals surface area contributed by atoms with Crippen LogP contribution in [0.25, 0.3) is 0 Å². The van der Waals surface area contributed by atoms with Gasteiger partial charge in [0.05, 0.1) is 5.54 Å². The maximum Gasteiger partial charge on any atom is 0.242 e. The predicted octanol–water partition coefficient (Wildman–Crippen LogP) is 1.69. The Morgan fingerprint density at radius 1 is 1.32 bits per heavy atom. The highest BCUT2D eigenvalue weighted by Crippen LogP contribution is 2.31. The largest absolute Gasteiger partial charge is 0.340 e. The van der Waals surface area contributed by atoms with Crippen LogP contribution in [0.15, 0.2) is 0 Å². The quantitative estimate of drug-likeness (QED) is 0.798. The van der Waals surface area contributed by atoms with Gasteiger partial charge in [0.2, 0.25) is 5.91 Å². The van der Waals surface area contributed by atoms with E-state index in [-0.39, 0.29) is 5.91 Å². The lowest BCUT2D eigenvalue weighted by atomic mass is 9.76. The van der Waals surface area contributed by atoms with Crippen LogP contribution in [0.3, 0.4) is 0 Å². The van der Waals surface area contributed by atoms with Crippen molar-refractivity contribution in [2.45, 2.75) is 51.5 Å². The first-order chi connectivity index (χ1) is 8.89. The Morgan fingerprint density at radius 3 is 2.53 bits per heavy atom. The normalized spacial score (nSPS) is 27.6. The van der Waals surface area contributed by atoms with Gasteiger partial charge in [0, 0.05) is 19.6 Å². The van der Waals surface area contributed by atoms with Crippen molar-refractivity contribution in [2.24, 2.45) is 11.7 Å². The third-order valence-corrected chi connectivity index (χ3v) is 4.06. The van der Waals surface area contributed by atoms with Crippen LogP contribution in [-0.4, -0.2) is 55.0 Å². The molecule has 4 nitrogen and oxygen atoms in total. The van der Waals surface area contributed by atoms with Gasteiger partial charge < -0.3 is 15.5 Å². The van der Waals surface area contributed by atoms with Crippen molar-refractivity contribution in [1.29, 1.82) is 0 Å². The molecule has 1 rings (SSSR count). The summed E-state index contributed by atoms with van der Waals surface area (Å²) in [5.41, 5.74) is 5.81. The summed E-state index contributed by atoms with van der Waals surface area (Å²) in [6.07, 6.45) is 4.96. The van der Waals surface area contributed by atoms with Crippen LogP contribution in [-0.2, 0) is 4.79 Å². The lowest BCUT2D eigenvalue weighted by Crippen LogP contribution is -2.58. The van der Waals surface area contributed by atoms with Gasteiger partial charge in [-0.05, 0) is 39.3 Å². The molecule has 1 amide bonds. The minimum Gasteiger partial charge on any atom is -0.340 e. The van der Waals surface area contributed by atoms with Crippen molar-refractivity contribution in [1.82, 2.24) is 9.80 Å². The van der Waals surface area contributed by atoms with Crippen molar-refractivity contribution in [3.8, 4) is 0 Å². The lowest BCUT2D eigenvalue weighted by Gasteiger charge is -2.39. The van der Waals surface area contributed by atoms with Gasteiger partial charge in [0.1, 0.15) is 0 Å². The number of amides is 1. The molecule has 4 heteroatoms. The summed E-state index contributed by atoms with van der Waals surface area (Å²) < 4.78 is 0. The highest BCUT2D eigenvalue weighted by Gasteiger charge is 2.40. The molecule has 0 bridgehead atoms.